The summed E-state index contributed by atoms with van der Waals surface area (Å²) in [5.74, 6) is 0.432. The number of pyridine rings is 2. The van der Waals surface area contributed by atoms with Crippen molar-refractivity contribution in [2.45, 2.75) is 26.9 Å². The zero-order valence-corrected chi connectivity index (χ0v) is 19.7. The van der Waals surface area contributed by atoms with Crippen molar-refractivity contribution in [3.05, 3.63) is 94.5 Å². The van der Waals surface area contributed by atoms with E-state index in [1.807, 2.05) is 49.4 Å². The molecule has 0 saturated heterocycles. The van der Waals surface area contributed by atoms with E-state index in [9.17, 15) is 9.59 Å². The van der Waals surface area contributed by atoms with Crippen LogP contribution >= 0.6 is 11.3 Å². The number of amides is 1. The maximum Gasteiger partial charge on any atom is 0.335 e. The summed E-state index contributed by atoms with van der Waals surface area (Å²) in [6.07, 6.45) is 1.76. The van der Waals surface area contributed by atoms with E-state index in [0.717, 1.165) is 32.4 Å². The maximum atomic E-state index is 12.3. The summed E-state index contributed by atoms with van der Waals surface area (Å²) in [7, 11) is 0. The van der Waals surface area contributed by atoms with Crippen molar-refractivity contribution in [1.29, 1.82) is 0 Å². The van der Waals surface area contributed by atoms with Gasteiger partial charge in [-0.25, -0.2) is 14.8 Å². The SMILES string of the molecule is CC(=O)N(Cc1ccc(C(=O)O)cc1)Cc1ccc(-c2cccc(Nc3cc(C)ccn3)n2)s1. The lowest BCUT2D eigenvalue weighted by Crippen LogP contribution is -2.27. The summed E-state index contributed by atoms with van der Waals surface area (Å²) in [6, 6.07) is 20.3. The molecule has 0 bridgehead atoms. The van der Waals surface area contributed by atoms with E-state index in [1.165, 1.54) is 6.92 Å². The van der Waals surface area contributed by atoms with Gasteiger partial charge in [-0.05, 0) is 66.6 Å². The molecule has 0 aliphatic rings. The number of rotatable bonds is 8. The highest BCUT2D eigenvalue weighted by Crippen LogP contribution is 2.29. The molecule has 4 rings (SSSR count). The summed E-state index contributed by atoms with van der Waals surface area (Å²) < 4.78 is 0. The van der Waals surface area contributed by atoms with Crippen LogP contribution in [0.5, 0.6) is 0 Å². The van der Waals surface area contributed by atoms with Crippen molar-refractivity contribution < 1.29 is 14.7 Å². The van der Waals surface area contributed by atoms with E-state index >= 15 is 0 Å². The van der Waals surface area contributed by atoms with Crippen LogP contribution in [0.4, 0.5) is 11.6 Å². The van der Waals surface area contributed by atoms with E-state index in [1.54, 1.807) is 46.7 Å². The fraction of sp³-hybridized carbons (Fsp3) is 0.154. The van der Waals surface area contributed by atoms with E-state index in [2.05, 4.69) is 10.3 Å². The summed E-state index contributed by atoms with van der Waals surface area (Å²) in [5.41, 5.74) is 3.06. The minimum absolute atomic E-state index is 0.0489. The van der Waals surface area contributed by atoms with Gasteiger partial charge < -0.3 is 15.3 Å². The van der Waals surface area contributed by atoms with Crippen molar-refractivity contribution in [2.75, 3.05) is 5.32 Å². The van der Waals surface area contributed by atoms with E-state index in [0.29, 0.717) is 18.9 Å². The number of aromatic nitrogens is 2. The minimum atomic E-state index is -0.968. The molecular formula is C26H24N4O3S. The van der Waals surface area contributed by atoms with Crippen LogP contribution in [-0.4, -0.2) is 31.9 Å². The molecule has 34 heavy (non-hydrogen) atoms. The van der Waals surface area contributed by atoms with Gasteiger partial charge in [0.1, 0.15) is 11.6 Å². The third-order valence-electron chi connectivity index (χ3n) is 5.20. The third-order valence-corrected chi connectivity index (χ3v) is 6.29. The Labute approximate surface area is 201 Å². The Kier molecular flexibility index (Phi) is 6.98. The molecule has 0 fully saturated rings. The molecule has 4 aromatic rings. The quantitative estimate of drug-likeness (QED) is 0.351. The minimum Gasteiger partial charge on any atom is -0.478 e. The van der Waals surface area contributed by atoms with E-state index in [-0.39, 0.29) is 11.5 Å². The number of carboxylic acid groups (broad SMARTS) is 1. The van der Waals surface area contributed by atoms with Crippen LogP contribution in [0.2, 0.25) is 0 Å². The molecule has 0 unspecified atom stereocenters. The molecule has 8 heteroatoms. The molecule has 0 spiro atoms. The molecule has 1 aromatic carbocycles. The number of hydrogen-bond acceptors (Lipinski definition) is 6. The van der Waals surface area contributed by atoms with Crippen molar-refractivity contribution >= 4 is 34.8 Å². The molecule has 0 aliphatic heterocycles. The highest BCUT2D eigenvalue weighted by molar-refractivity contribution is 7.15. The molecule has 0 radical (unpaired) electrons. The van der Waals surface area contributed by atoms with Gasteiger partial charge in [-0.1, -0.05) is 18.2 Å². The number of nitrogens with one attached hydrogen (secondary N) is 1. The maximum absolute atomic E-state index is 12.3. The van der Waals surface area contributed by atoms with Crippen molar-refractivity contribution in [3.63, 3.8) is 0 Å². The second-order valence-electron chi connectivity index (χ2n) is 7.89. The number of nitrogens with zero attached hydrogens (tertiary/aromatic N) is 3. The Morgan fingerprint density at radius 1 is 1.00 bits per heavy atom. The zero-order valence-electron chi connectivity index (χ0n) is 18.9. The highest BCUT2D eigenvalue weighted by atomic mass is 32.1. The first kappa shape index (κ1) is 23.1. The number of anilines is 2. The second-order valence-corrected chi connectivity index (χ2v) is 9.06. The van der Waals surface area contributed by atoms with Crippen molar-refractivity contribution in [3.8, 4) is 10.6 Å². The average Bonchev–Trinajstić information content (AvgIpc) is 3.28. The molecule has 3 heterocycles. The lowest BCUT2D eigenvalue weighted by Gasteiger charge is -2.20. The Hall–Kier alpha value is -4.04. The summed E-state index contributed by atoms with van der Waals surface area (Å²) >= 11 is 1.59. The normalized spacial score (nSPS) is 10.6. The predicted molar refractivity (Wildman–Crippen MR) is 133 cm³/mol. The first-order valence-corrected chi connectivity index (χ1v) is 11.5. The van der Waals surface area contributed by atoms with Gasteiger partial charge in [0, 0.05) is 24.5 Å². The van der Waals surface area contributed by atoms with Crippen LogP contribution in [0, 0.1) is 6.92 Å². The van der Waals surface area contributed by atoms with Gasteiger partial charge in [-0.2, -0.15) is 0 Å². The molecule has 0 saturated carbocycles. The Balaban J connectivity index is 1.46. The fourth-order valence-electron chi connectivity index (χ4n) is 3.42. The third kappa shape index (κ3) is 5.85. The number of carboxylic acids is 1. The van der Waals surface area contributed by atoms with Crippen molar-refractivity contribution in [2.24, 2.45) is 0 Å². The van der Waals surface area contributed by atoms with Crippen LogP contribution < -0.4 is 5.32 Å². The number of aryl methyl sites for hydroxylation is 1. The summed E-state index contributed by atoms with van der Waals surface area (Å²) in [4.78, 5) is 36.1. The van der Waals surface area contributed by atoms with Gasteiger partial charge in [-0.15, -0.1) is 11.3 Å². The predicted octanol–water partition coefficient (Wildman–Crippen LogP) is 5.50. The Morgan fingerprint density at radius 2 is 1.79 bits per heavy atom. The number of carbonyl (C=O) groups excluding carboxylic acids is 1. The molecule has 172 valence electrons. The second kappa shape index (κ2) is 10.3. The lowest BCUT2D eigenvalue weighted by molar-refractivity contribution is -0.130. The van der Waals surface area contributed by atoms with Gasteiger partial charge in [0.05, 0.1) is 22.7 Å². The largest absolute Gasteiger partial charge is 0.478 e. The number of aromatic carboxylic acids is 1. The number of carbonyl (C=O) groups is 2. The first-order chi connectivity index (χ1) is 16.4. The summed E-state index contributed by atoms with van der Waals surface area (Å²) in [5, 5.41) is 12.3. The van der Waals surface area contributed by atoms with E-state index < -0.39 is 5.97 Å². The zero-order chi connectivity index (χ0) is 24.1. The number of hydrogen-bond donors (Lipinski definition) is 2. The molecule has 3 aromatic heterocycles. The monoisotopic (exact) mass is 472 g/mol. The fourth-order valence-corrected chi connectivity index (χ4v) is 4.41. The Morgan fingerprint density at radius 3 is 2.50 bits per heavy atom. The standard InChI is InChI=1S/C26H24N4O3S/c1-17-12-13-27-25(14-17)29-24-5-3-4-22(28-24)23-11-10-21(34-23)16-30(18(2)31)15-19-6-8-20(9-7-19)26(32)33/h3-14H,15-16H2,1-2H3,(H,32,33)(H,27,28,29). The number of thiophene rings is 1. The summed E-state index contributed by atoms with van der Waals surface area (Å²) in [6.45, 7) is 4.42. The highest BCUT2D eigenvalue weighted by Gasteiger charge is 2.14. The van der Waals surface area contributed by atoms with Gasteiger partial charge in [0.15, 0.2) is 0 Å². The van der Waals surface area contributed by atoms with Crippen LogP contribution in [0.3, 0.4) is 0 Å². The van der Waals surface area contributed by atoms with Crippen LogP contribution in [-0.2, 0) is 17.9 Å². The van der Waals surface area contributed by atoms with Crippen molar-refractivity contribution in [1.82, 2.24) is 14.9 Å². The topological polar surface area (TPSA) is 95.4 Å². The molecular weight excluding hydrogens is 448 g/mol. The Bertz CT molecular complexity index is 1320. The van der Waals surface area contributed by atoms with Gasteiger partial charge in [-0.3, -0.25) is 4.79 Å². The average molecular weight is 473 g/mol. The van der Waals surface area contributed by atoms with Crippen LogP contribution in [0.15, 0.2) is 72.9 Å². The molecule has 1 amide bonds. The van der Waals surface area contributed by atoms with Gasteiger partial charge >= 0.3 is 5.97 Å². The molecule has 7 nitrogen and oxygen atoms in total. The lowest BCUT2D eigenvalue weighted by atomic mass is 10.1. The first-order valence-electron chi connectivity index (χ1n) is 10.7. The number of benzene rings is 1. The van der Waals surface area contributed by atoms with Gasteiger partial charge in [0.25, 0.3) is 0 Å². The van der Waals surface area contributed by atoms with Crippen LogP contribution in [0.25, 0.3) is 10.6 Å². The molecule has 0 aliphatic carbocycles. The van der Waals surface area contributed by atoms with Gasteiger partial charge in [0.2, 0.25) is 5.91 Å². The molecule has 2 N–H and O–H groups in total. The molecule has 0 atom stereocenters. The smallest absolute Gasteiger partial charge is 0.335 e. The van der Waals surface area contributed by atoms with Crippen LogP contribution in [0.1, 0.15) is 33.3 Å². The van der Waals surface area contributed by atoms with E-state index in [4.69, 9.17) is 10.1 Å².